The Bertz CT molecular complexity index is 505. The van der Waals surface area contributed by atoms with Gasteiger partial charge in [-0.1, -0.05) is 44.6 Å². The van der Waals surface area contributed by atoms with Crippen LogP contribution in [0, 0.1) is 12.8 Å². The lowest BCUT2D eigenvalue weighted by Gasteiger charge is -2.37. The molecule has 0 heterocycles. The average Bonchev–Trinajstić information content (AvgIpc) is 3.11. The fourth-order valence-electron chi connectivity index (χ4n) is 1.85. The maximum atomic E-state index is 6.49. The summed E-state index contributed by atoms with van der Waals surface area (Å²) < 4.78 is 6.49. The second-order valence-corrected chi connectivity index (χ2v) is 12.3. The highest BCUT2D eigenvalue weighted by atomic mass is 28.4. The minimum Gasteiger partial charge on any atom is -0.543 e. The summed E-state index contributed by atoms with van der Waals surface area (Å²) >= 11 is 0. The van der Waals surface area contributed by atoms with Crippen LogP contribution in [0.25, 0.3) is 6.08 Å². The van der Waals surface area contributed by atoms with Gasteiger partial charge < -0.3 is 4.43 Å². The Labute approximate surface area is 125 Å². The first-order chi connectivity index (χ1) is 9.19. The number of hydrogen-bond donors (Lipinski definition) is 0. The molecule has 1 aliphatic carbocycles. The molecular formula is C18H28OSi. The third-order valence-electron chi connectivity index (χ3n) is 4.51. The molecule has 110 valence electrons. The van der Waals surface area contributed by atoms with Crippen molar-refractivity contribution >= 4 is 14.4 Å². The Balaban J connectivity index is 2.26. The standard InChI is InChI=1S/C18H28OSi/c1-14-7-12-17(19-20(5,6)18(2,3)4)16(13-14)11-10-15-8-9-15/h7,10-13,15H,8-9H2,1-6H3/b11-10+. The summed E-state index contributed by atoms with van der Waals surface area (Å²) in [5.41, 5.74) is 2.53. The Hall–Kier alpha value is -1.02. The van der Waals surface area contributed by atoms with E-state index in [0.717, 1.165) is 11.7 Å². The Kier molecular flexibility index (Phi) is 4.15. The van der Waals surface area contributed by atoms with E-state index in [9.17, 15) is 0 Å². The molecule has 0 N–H and O–H groups in total. The topological polar surface area (TPSA) is 9.23 Å². The average molecular weight is 289 g/mol. The number of allylic oxidation sites excluding steroid dienone is 1. The molecule has 2 heteroatoms. The van der Waals surface area contributed by atoms with Crippen molar-refractivity contribution in [2.45, 2.75) is 58.7 Å². The molecule has 1 saturated carbocycles. The predicted molar refractivity (Wildman–Crippen MR) is 90.8 cm³/mol. The summed E-state index contributed by atoms with van der Waals surface area (Å²) in [6, 6.07) is 6.53. The summed E-state index contributed by atoms with van der Waals surface area (Å²) in [7, 11) is -1.77. The lowest BCUT2D eigenvalue weighted by Crippen LogP contribution is -2.44. The molecule has 0 spiro atoms. The van der Waals surface area contributed by atoms with Crippen LogP contribution in [0.2, 0.25) is 18.1 Å². The molecule has 0 saturated heterocycles. The van der Waals surface area contributed by atoms with E-state index in [2.05, 4.69) is 71.1 Å². The van der Waals surface area contributed by atoms with Gasteiger partial charge in [-0.05, 0) is 55.9 Å². The predicted octanol–water partition coefficient (Wildman–Crippen LogP) is 5.80. The Morgan fingerprint density at radius 1 is 1.20 bits per heavy atom. The van der Waals surface area contributed by atoms with Crippen LogP contribution in [0.1, 0.15) is 44.7 Å². The van der Waals surface area contributed by atoms with Gasteiger partial charge >= 0.3 is 0 Å². The van der Waals surface area contributed by atoms with Gasteiger partial charge in [0, 0.05) is 5.56 Å². The van der Waals surface area contributed by atoms with E-state index in [-0.39, 0.29) is 5.04 Å². The molecule has 0 amide bonds. The Morgan fingerprint density at radius 3 is 2.40 bits per heavy atom. The van der Waals surface area contributed by atoms with E-state index >= 15 is 0 Å². The largest absolute Gasteiger partial charge is 0.543 e. The fourth-order valence-corrected chi connectivity index (χ4v) is 2.89. The second kappa shape index (κ2) is 5.40. The monoisotopic (exact) mass is 288 g/mol. The number of rotatable bonds is 4. The minimum absolute atomic E-state index is 0.232. The van der Waals surface area contributed by atoms with Gasteiger partial charge in [0.1, 0.15) is 5.75 Å². The van der Waals surface area contributed by atoms with Gasteiger partial charge in [-0.15, -0.1) is 0 Å². The molecule has 0 aromatic heterocycles. The second-order valence-electron chi connectivity index (χ2n) is 7.60. The van der Waals surface area contributed by atoms with Crippen molar-refractivity contribution in [3.8, 4) is 5.75 Å². The molecule has 0 atom stereocenters. The molecular weight excluding hydrogens is 260 g/mol. The first kappa shape index (κ1) is 15.4. The SMILES string of the molecule is Cc1ccc(O[Si](C)(C)C(C)(C)C)c(/C=C/C2CC2)c1. The number of hydrogen-bond acceptors (Lipinski definition) is 1. The van der Waals surface area contributed by atoms with E-state index in [4.69, 9.17) is 4.43 Å². The molecule has 1 nitrogen and oxygen atoms in total. The van der Waals surface area contributed by atoms with Crippen molar-refractivity contribution in [2.24, 2.45) is 5.92 Å². The number of benzene rings is 1. The van der Waals surface area contributed by atoms with Gasteiger partial charge in [-0.25, -0.2) is 0 Å². The van der Waals surface area contributed by atoms with Crippen molar-refractivity contribution in [3.63, 3.8) is 0 Å². The van der Waals surface area contributed by atoms with Crippen LogP contribution in [0.3, 0.4) is 0 Å². The van der Waals surface area contributed by atoms with Crippen LogP contribution in [0.15, 0.2) is 24.3 Å². The van der Waals surface area contributed by atoms with Gasteiger partial charge in [-0.3, -0.25) is 0 Å². The fraction of sp³-hybridized carbons (Fsp3) is 0.556. The van der Waals surface area contributed by atoms with Crippen molar-refractivity contribution in [1.29, 1.82) is 0 Å². The molecule has 20 heavy (non-hydrogen) atoms. The van der Waals surface area contributed by atoms with Crippen LogP contribution in [0.5, 0.6) is 5.75 Å². The normalized spacial score (nSPS) is 16.7. The molecule has 0 aliphatic heterocycles. The Morgan fingerprint density at radius 2 is 1.85 bits per heavy atom. The highest BCUT2D eigenvalue weighted by Gasteiger charge is 2.39. The van der Waals surface area contributed by atoms with Gasteiger partial charge in [0.05, 0.1) is 0 Å². The highest BCUT2D eigenvalue weighted by Crippen LogP contribution is 2.39. The summed E-state index contributed by atoms with van der Waals surface area (Å²) in [5, 5.41) is 0.232. The quantitative estimate of drug-likeness (QED) is 0.636. The van der Waals surface area contributed by atoms with Gasteiger partial charge in [-0.2, -0.15) is 0 Å². The van der Waals surface area contributed by atoms with Gasteiger partial charge in [0.15, 0.2) is 0 Å². The molecule has 1 aromatic rings. The summed E-state index contributed by atoms with van der Waals surface area (Å²) in [5.74, 6) is 1.86. The first-order valence-electron chi connectivity index (χ1n) is 7.67. The lowest BCUT2D eigenvalue weighted by atomic mass is 10.1. The summed E-state index contributed by atoms with van der Waals surface area (Å²) in [6.07, 6.45) is 7.29. The van der Waals surface area contributed by atoms with Crippen molar-refractivity contribution in [2.75, 3.05) is 0 Å². The van der Waals surface area contributed by atoms with Gasteiger partial charge in [0.2, 0.25) is 0 Å². The third-order valence-corrected chi connectivity index (χ3v) is 8.85. The van der Waals surface area contributed by atoms with Crippen molar-refractivity contribution in [3.05, 3.63) is 35.4 Å². The van der Waals surface area contributed by atoms with Crippen molar-refractivity contribution < 1.29 is 4.43 Å². The maximum absolute atomic E-state index is 6.49. The molecule has 0 unspecified atom stereocenters. The smallest absolute Gasteiger partial charge is 0.250 e. The lowest BCUT2D eigenvalue weighted by molar-refractivity contribution is 0.491. The summed E-state index contributed by atoms with van der Waals surface area (Å²) in [6.45, 7) is 13.6. The van der Waals surface area contributed by atoms with E-state index in [1.807, 2.05) is 0 Å². The molecule has 1 aromatic carbocycles. The van der Waals surface area contributed by atoms with Crippen LogP contribution < -0.4 is 4.43 Å². The van der Waals surface area contributed by atoms with Crippen LogP contribution >= 0.6 is 0 Å². The van der Waals surface area contributed by atoms with Gasteiger partial charge in [0.25, 0.3) is 8.32 Å². The van der Waals surface area contributed by atoms with Crippen molar-refractivity contribution in [1.82, 2.24) is 0 Å². The van der Waals surface area contributed by atoms with E-state index in [0.29, 0.717) is 0 Å². The molecule has 1 aliphatic rings. The minimum atomic E-state index is -1.77. The highest BCUT2D eigenvalue weighted by molar-refractivity contribution is 6.74. The van der Waals surface area contributed by atoms with E-state index < -0.39 is 8.32 Å². The van der Waals surface area contributed by atoms with Crippen LogP contribution in [-0.2, 0) is 0 Å². The molecule has 2 rings (SSSR count). The zero-order valence-electron chi connectivity index (χ0n) is 13.8. The van der Waals surface area contributed by atoms with E-state index in [1.165, 1.54) is 24.0 Å². The first-order valence-corrected chi connectivity index (χ1v) is 10.6. The molecule has 1 fully saturated rings. The third kappa shape index (κ3) is 3.75. The number of aryl methyl sites for hydroxylation is 1. The van der Waals surface area contributed by atoms with Crippen LogP contribution in [-0.4, -0.2) is 8.32 Å². The summed E-state index contributed by atoms with van der Waals surface area (Å²) in [4.78, 5) is 0. The van der Waals surface area contributed by atoms with Crippen LogP contribution in [0.4, 0.5) is 0 Å². The zero-order chi connectivity index (χ0) is 15.0. The van der Waals surface area contributed by atoms with E-state index in [1.54, 1.807) is 0 Å². The molecule has 0 radical (unpaired) electrons. The maximum Gasteiger partial charge on any atom is 0.250 e. The molecule has 0 bridgehead atoms. The zero-order valence-corrected chi connectivity index (χ0v) is 14.8.